The summed E-state index contributed by atoms with van der Waals surface area (Å²) in [6, 6.07) is 9.35. The second kappa shape index (κ2) is 7.85. The molecule has 2 fully saturated rings. The Morgan fingerprint density at radius 2 is 1.93 bits per heavy atom. The fraction of sp³-hybridized carbons (Fsp3) is 0.545. The molecule has 0 amide bonds. The molecule has 27 heavy (non-hydrogen) atoms. The Morgan fingerprint density at radius 3 is 2.67 bits per heavy atom. The Labute approximate surface area is 162 Å². The number of benzene rings is 1. The molecule has 0 bridgehead atoms. The number of hydrogen-bond donors (Lipinski definition) is 0. The van der Waals surface area contributed by atoms with E-state index in [1.54, 1.807) is 7.11 Å². The molecule has 2 aliphatic rings. The van der Waals surface area contributed by atoms with Gasteiger partial charge in [0.25, 0.3) is 0 Å². The molecule has 2 aromatic rings. The van der Waals surface area contributed by atoms with E-state index in [1.807, 2.05) is 37.3 Å². The maximum atomic E-state index is 5.45. The van der Waals surface area contributed by atoms with Crippen molar-refractivity contribution in [2.75, 3.05) is 32.6 Å². The molecule has 144 valence electrons. The Kier molecular flexibility index (Phi) is 5.30. The zero-order valence-corrected chi connectivity index (χ0v) is 16.7. The van der Waals surface area contributed by atoms with Crippen molar-refractivity contribution in [1.29, 1.82) is 0 Å². The highest BCUT2D eigenvalue weighted by molar-refractivity contribution is 5.68. The SMILES string of the molecule is COc1cccc(-c2cnc(N(C)C)nc2[C@@H]2CCCN2C2CCCC2)c1. The Balaban J connectivity index is 1.77. The van der Waals surface area contributed by atoms with Gasteiger partial charge in [-0.05, 0) is 49.9 Å². The predicted molar refractivity (Wildman–Crippen MR) is 109 cm³/mol. The van der Waals surface area contributed by atoms with Crippen molar-refractivity contribution in [1.82, 2.24) is 14.9 Å². The van der Waals surface area contributed by atoms with Crippen molar-refractivity contribution in [3.63, 3.8) is 0 Å². The number of ether oxygens (including phenoxy) is 1. The van der Waals surface area contributed by atoms with E-state index in [4.69, 9.17) is 9.72 Å². The Hall–Kier alpha value is -2.14. The van der Waals surface area contributed by atoms with Crippen LogP contribution in [0.3, 0.4) is 0 Å². The average Bonchev–Trinajstić information content (AvgIpc) is 3.38. The van der Waals surface area contributed by atoms with Crippen molar-refractivity contribution >= 4 is 5.95 Å². The number of rotatable bonds is 5. The minimum absolute atomic E-state index is 0.385. The van der Waals surface area contributed by atoms with Crippen molar-refractivity contribution < 1.29 is 4.74 Å². The molecule has 1 aliphatic carbocycles. The second-order valence-corrected chi connectivity index (χ2v) is 7.93. The van der Waals surface area contributed by atoms with Gasteiger partial charge in [0.2, 0.25) is 5.95 Å². The van der Waals surface area contributed by atoms with Gasteiger partial charge in [-0.3, -0.25) is 4.90 Å². The van der Waals surface area contributed by atoms with Gasteiger partial charge in [0.1, 0.15) is 5.75 Å². The fourth-order valence-electron chi connectivity index (χ4n) is 4.62. The number of likely N-dealkylation sites (tertiary alicyclic amines) is 1. The van der Waals surface area contributed by atoms with Crippen LogP contribution in [0.2, 0.25) is 0 Å². The Morgan fingerprint density at radius 1 is 1.11 bits per heavy atom. The smallest absolute Gasteiger partial charge is 0.225 e. The standard InChI is InChI=1S/C22H30N4O/c1-25(2)22-23-15-19(16-8-6-11-18(14-16)27-3)21(24-22)20-12-7-13-26(20)17-9-4-5-10-17/h6,8,11,14-15,17,20H,4-5,7,9-10,12-13H2,1-3H3/t20-/m0/s1. The largest absolute Gasteiger partial charge is 0.497 e. The van der Waals surface area contributed by atoms with Crippen LogP contribution in [0, 0.1) is 0 Å². The summed E-state index contributed by atoms with van der Waals surface area (Å²) in [5, 5.41) is 0. The first-order valence-electron chi connectivity index (χ1n) is 10.1. The summed E-state index contributed by atoms with van der Waals surface area (Å²) < 4.78 is 5.45. The van der Waals surface area contributed by atoms with Crippen molar-refractivity contribution in [3.8, 4) is 16.9 Å². The summed E-state index contributed by atoms with van der Waals surface area (Å²) in [4.78, 5) is 14.4. The fourth-order valence-corrected chi connectivity index (χ4v) is 4.62. The van der Waals surface area contributed by atoms with Gasteiger partial charge >= 0.3 is 0 Å². The highest BCUT2D eigenvalue weighted by Crippen LogP contribution is 2.41. The van der Waals surface area contributed by atoms with E-state index in [0.29, 0.717) is 12.1 Å². The molecule has 1 saturated carbocycles. The third-order valence-corrected chi connectivity index (χ3v) is 5.99. The zero-order valence-electron chi connectivity index (χ0n) is 16.7. The van der Waals surface area contributed by atoms with Crippen molar-refractivity contribution in [2.24, 2.45) is 0 Å². The highest BCUT2D eigenvalue weighted by atomic mass is 16.5. The number of hydrogen-bond acceptors (Lipinski definition) is 5. The van der Waals surface area contributed by atoms with E-state index in [0.717, 1.165) is 22.8 Å². The van der Waals surface area contributed by atoms with E-state index >= 15 is 0 Å². The minimum Gasteiger partial charge on any atom is -0.497 e. The molecule has 1 atom stereocenters. The molecule has 0 N–H and O–H groups in total. The summed E-state index contributed by atoms with van der Waals surface area (Å²) in [5.41, 5.74) is 3.44. The van der Waals surface area contributed by atoms with E-state index in [-0.39, 0.29) is 0 Å². The molecule has 5 nitrogen and oxygen atoms in total. The quantitative estimate of drug-likeness (QED) is 0.789. The molecule has 0 unspecified atom stereocenters. The van der Waals surface area contributed by atoms with Gasteiger partial charge in [-0.15, -0.1) is 0 Å². The third kappa shape index (κ3) is 3.65. The van der Waals surface area contributed by atoms with Crippen LogP contribution in [0.25, 0.3) is 11.1 Å². The molecule has 5 heteroatoms. The van der Waals surface area contributed by atoms with E-state index in [2.05, 4.69) is 22.0 Å². The maximum Gasteiger partial charge on any atom is 0.225 e. The summed E-state index contributed by atoms with van der Waals surface area (Å²) in [6.07, 6.45) is 9.81. The zero-order chi connectivity index (χ0) is 18.8. The molecular weight excluding hydrogens is 336 g/mol. The van der Waals surface area contributed by atoms with Gasteiger partial charge in [-0.2, -0.15) is 0 Å². The summed E-state index contributed by atoms with van der Waals surface area (Å²) in [6.45, 7) is 1.19. The van der Waals surface area contributed by atoms with Gasteiger partial charge in [-0.25, -0.2) is 9.97 Å². The second-order valence-electron chi connectivity index (χ2n) is 7.93. The van der Waals surface area contributed by atoms with Crippen LogP contribution in [0.5, 0.6) is 5.75 Å². The monoisotopic (exact) mass is 366 g/mol. The number of anilines is 1. The first kappa shape index (κ1) is 18.2. The lowest BCUT2D eigenvalue weighted by atomic mass is 9.99. The highest BCUT2D eigenvalue weighted by Gasteiger charge is 2.35. The van der Waals surface area contributed by atoms with Crippen molar-refractivity contribution in [2.45, 2.75) is 50.6 Å². The van der Waals surface area contributed by atoms with Crippen LogP contribution in [0.1, 0.15) is 50.3 Å². The normalized spacial score (nSPS) is 20.9. The van der Waals surface area contributed by atoms with Crippen LogP contribution in [-0.4, -0.2) is 48.7 Å². The predicted octanol–water partition coefficient (Wildman–Crippen LogP) is 4.30. The van der Waals surface area contributed by atoms with Gasteiger partial charge in [0, 0.05) is 31.9 Å². The number of methoxy groups -OCH3 is 1. The molecule has 1 aromatic heterocycles. The molecule has 4 rings (SSSR count). The summed E-state index contributed by atoms with van der Waals surface area (Å²) >= 11 is 0. The van der Waals surface area contributed by atoms with Gasteiger partial charge in [0.15, 0.2) is 0 Å². The number of aromatic nitrogens is 2. The lowest BCUT2D eigenvalue weighted by molar-refractivity contribution is 0.180. The Bertz CT molecular complexity index is 786. The van der Waals surface area contributed by atoms with Crippen LogP contribution < -0.4 is 9.64 Å². The first-order chi connectivity index (χ1) is 13.2. The molecule has 1 aliphatic heterocycles. The van der Waals surface area contributed by atoms with Crippen LogP contribution in [0.4, 0.5) is 5.95 Å². The lowest BCUT2D eigenvalue weighted by Gasteiger charge is -2.31. The van der Waals surface area contributed by atoms with Gasteiger partial charge in [0.05, 0.1) is 18.8 Å². The maximum absolute atomic E-state index is 5.45. The summed E-state index contributed by atoms with van der Waals surface area (Å²) in [7, 11) is 5.73. The molecule has 1 saturated heterocycles. The molecular formula is C22H30N4O. The molecule has 0 radical (unpaired) electrons. The molecule has 2 heterocycles. The topological polar surface area (TPSA) is 41.5 Å². The van der Waals surface area contributed by atoms with Crippen molar-refractivity contribution in [3.05, 3.63) is 36.2 Å². The van der Waals surface area contributed by atoms with Crippen LogP contribution >= 0.6 is 0 Å². The van der Waals surface area contributed by atoms with Gasteiger partial charge < -0.3 is 9.64 Å². The number of nitrogens with zero attached hydrogens (tertiary/aromatic N) is 4. The minimum atomic E-state index is 0.385. The van der Waals surface area contributed by atoms with E-state index < -0.39 is 0 Å². The third-order valence-electron chi connectivity index (χ3n) is 5.99. The van der Waals surface area contributed by atoms with Crippen LogP contribution in [0.15, 0.2) is 30.5 Å². The lowest BCUT2D eigenvalue weighted by Crippen LogP contribution is -2.33. The van der Waals surface area contributed by atoms with Crippen LogP contribution in [-0.2, 0) is 0 Å². The molecule has 0 spiro atoms. The van der Waals surface area contributed by atoms with E-state index in [1.165, 1.54) is 50.8 Å². The van der Waals surface area contributed by atoms with E-state index in [9.17, 15) is 0 Å². The molecule has 1 aromatic carbocycles. The average molecular weight is 367 g/mol. The summed E-state index contributed by atoms with van der Waals surface area (Å²) in [5.74, 6) is 1.66. The van der Waals surface area contributed by atoms with Gasteiger partial charge in [-0.1, -0.05) is 25.0 Å². The first-order valence-corrected chi connectivity index (χ1v) is 10.1.